The Morgan fingerprint density at radius 1 is 0.633 bits per heavy atom. The summed E-state index contributed by atoms with van der Waals surface area (Å²) in [5, 5.41) is 11.3. The van der Waals surface area contributed by atoms with Crippen molar-refractivity contribution < 1.29 is 19.1 Å². The second-order valence-corrected chi connectivity index (χ2v) is 17.7. The normalized spacial score (nSPS) is 12.5. The average Bonchev–Trinajstić information content (AvgIpc) is 3.26. The maximum atomic E-state index is 12.6. The van der Waals surface area contributed by atoms with Crippen molar-refractivity contribution in [2.45, 2.75) is 38.3 Å². The maximum absolute atomic E-state index is 12.6. The Morgan fingerprint density at radius 2 is 1.03 bits per heavy atom. The van der Waals surface area contributed by atoms with E-state index in [0.29, 0.717) is 5.57 Å². The van der Waals surface area contributed by atoms with Crippen LogP contribution in [0.1, 0.15) is 36.6 Å². The van der Waals surface area contributed by atoms with Crippen LogP contribution in [-0.2, 0) is 23.4 Å². The highest BCUT2D eigenvalue weighted by Gasteiger charge is 2.37. The van der Waals surface area contributed by atoms with E-state index in [-0.39, 0.29) is 37.2 Å². The van der Waals surface area contributed by atoms with Gasteiger partial charge in [-0.2, -0.15) is 5.26 Å². The van der Waals surface area contributed by atoms with Gasteiger partial charge in [-0.15, -0.1) is 11.3 Å². The van der Waals surface area contributed by atoms with Crippen LogP contribution in [0.5, 0.6) is 0 Å². The van der Waals surface area contributed by atoms with E-state index in [1.165, 1.54) is 6.92 Å². The molecule has 0 spiro atoms. The Bertz CT molecular complexity index is 2750. The van der Waals surface area contributed by atoms with Gasteiger partial charge in [-0.3, -0.25) is 4.79 Å². The quantitative estimate of drug-likeness (QED) is 0.0421. The number of esters is 2. The smallest absolute Gasteiger partial charge is 0.349 e. The number of hydrogen-bond acceptors (Lipinski definition) is 9. The van der Waals surface area contributed by atoms with Gasteiger partial charge < -0.3 is 9.47 Å². The van der Waals surface area contributed by atoms with E-state index >= 15 is 0 Å². The van der Waals surface area contributed by atoms with Crippen LogP contribution in [-0.4, -0.2) is 25.2 Å². The van der Waals surface area contributed by atoms with Gasteiger partial charge in [0.05, 0.1) is 0 Å². The van der Waals surface area contributed by atoms with E-state index in [4.69, 9.17) is 32.7 Å². The van der Waals surface area contributed by atoms with Crippen molar-refractivity contribution >= 4 is 95.7 Å². The summed E-state index contributed by atoms with van der Waals surface area (Å²) in [6, 6.07) is 48.7. The third-order valence-corrected chi connectivity index (χ3v) is 13.4. The molecule has 6 aromatic carbocycles. The molecule has 60 heavy (non-hydrogen) atoms. The predicted octanol–water partition coefficient (Wildman–Crippen LogP) is 13.0. The summed E-state index contributed by atoms with van der Waals surface area (Å²) in [6.07, 6.45) is 0. The van der Waals surface area contributed by atoms with Crippen molar-refractivity contribution in [3.8, 4) is 6.07 Å². The first-order valence-corrected chi connectivity index (χ1v) is 21.4. The number of fused-ring (bicyclic) bond motifs is 6. The Balaban J connectivity index is 0.000000160. The molecule has 0 saturated heterocycles. The number of rotatable bonds is 5. The minimum Gasteiger partial charge on any atom is -0.459 e. The summed E-state index contributed by atoms with van der Waals surface area (Å²) < 4.78 is 11.3. The number of hydrogen-bond donors (Lipinski definition) is 0. The van der Waals surface area contributed by atoms with Crippen molar-refractivity contribution in [1.82, 2.24) is 0 Å². The lowest BCUT2D eigenvalue weighted by atomic mass is 9.92. The number of nitriles is 1. The van der Waals surface area contributed by atoms with E-state index in [2.05, 4.69) is 18.7 Å². The van der Waals surface area contributed by atoms with Crippen molar-refractivity contribution in [1.29, 1.82) is 5.26 Å². The van der Waals surface area contributed by atoms with Crippen LogP contribution in [0.2, 0.25) is 0 Å². The number of ether oxygens (including phenoxy) is 2. The molecule has 0 fully saturated rings. The minimum atomic E-state index is -0.932. The second-order valence-electron chi connectivity index (χ2n) is 13.1. The summed E-state index contributed by atoms with van der Waals surface area (Å²) in [6.45, 7) is 4.76. The molecule has 0 saturated carbocycles. The van der Waals surface area contributed by atoms with Gasteiger partial charge >= 0.3 is 11.9 Å². The molecule has 0 bridgehead atoms. The molecule has 1 aromatic heterocycles. The number of benzene rings is 6. The van der Waals surface area contributed by atoms with Crippen molar-refractivity contribution in [2.24, 2.45) is 0 Å². The van der Waals surface area contributed by atoms with Crippen LogP contribution < -0.4 is 5.43 Å². The van der Waals surface area contributed by atoms with Gasteiger partial charge in [-0.05, 0) is 66.6 Å². The van der Waals surface area contributed by atoms with Gasteiger partial charge in [-0.25, -0.2) is 9.59 Å². The summed E-state index contributed by atoms with van der Waals surface area (Å²) in [7, 11) is 0. The molecular formula is C49H37Cl2NO5S3. The van der Waals surface area contributed by atoms with E-state index < -0.39 is 16.3 Å². The van der Waals surface area contributed by atoms with Crippen LogP contribution in [0, 0.1) is 11.3 Å². The zero-order valence-electron chi connectivity index (χ0n) is 31.4. The van der Waals surface area contributed by atoms with Crippen molar-refractivity contribution in [3.63, 3.8) is 0 Å². The number of nitrogens with zero attached hydrogens (tertiary/aromatic N) is 1. The lowest BCUT2D eigenvalue weighted by Crippen LogP contribution is -2.17. The van der Waals surface area contributed by atoms with Gasteiger partial charge in [0.25, 0.3) is 0 Å². The third-order valence-electron chi connectivity index (χ3n) is 9.15. The molecule has 6 nitrogen and oxygen atoms in total. The Labute approximate surface area is 371 Å². The first-order chi connectivity index (χ1) is 28.6. The predicted molar refractivity (Wildman–Crippen MR) is 247 cm³/mol. The number of carbonyl (C=O) groups is 2. The molecule has 9 rings (SSSR count). The molecule has 0 N–H and O–H groups in total. The average molecular weight is 887 g/mol. The SMILES string of the molecule is C.C=C(C)C(=O)OCCOC(=O)C(C#N)=C1c2ccccc2Sc2ccccc21.ClC1(Cl)c2ccccc2Sc2ccccc21.O=c1c2ccccc2sc2ccccc12. The molecule has 3 heterocycles. The largest absolute Gasteiger partial charge is 0.459 e. The highest BCUT2D eigenvalue weighted by atomic mass is 35.5. The molecule has 7 aromatic rings. The first kappa shape index (κ1) is 44.0. The van der Waals surface area contributed by atoms with Crippen LogP contribution in [0.15, 0.2) is 188 Å². The number of carbonyl (C=O) groups excluding carboxylic acids is 2. The fraction of sp³-hybridized carbons (Fsp3) is 0.102. The number of halogens is 2. The van der Waals surface area contributed by atoms with Crippen molar-refractivity contribution in [3.05, 3.63) is 196 Å². The summed E-state index contributed by atoms with van der Waals surface area (Å²) >= 11 is 17.9. The zero-order chi connectivity index (χ0) is 41.5. The second kappa shape index (κ2) is 19.6. The lowest BCUT2D eigenvalue weighted by Gasteiger charge is -2.29. The van der Waals surface area contributed by atoms with E-state index in [1.54, 1.807) is 34.9 Å². The Morgan fingerprint density at radius 3 is 1.52 bits per heavy atom. The highest BCUT2D eigenvalue weighted by Crippen LogP contribution is 2.53. The first-order valence-electron chi connectivity index (χ1n) is 18.2. The molecule has 0 amide bonds. The molecule has 300 valence electrons. The molecule has 0 aliphatic carbocycles. The van der Waals surface area contributed by atoms with Gasteiger partial charge in [0.2, 0.25) is 0 Å². The van der Waals surface area contributed by atoms with E-state index in [1.807, 2.05) is 140 Å². The lowest BCUT2D eigenvalue weighted by molar-refractivity contribution is -0.147. The summed E-state index contributed by atoms with van der Waals surface area (Å²) in [4.78, 5) is 40.3. The molecule has 11 heteroatoms. The minimum absolute atomic E-state index is 0. The molecule has 2 aliphatic rings. The fourth-order valence-corrected chi connectivity index (χ4v) is 10.6. The fourth-order valence-electron chi connectivity index (χ4n) is 6.37. The van der Waals surface area contributed by atoms with Gasteiger partial charge in [-0.1, -0.05) is 158 Å². The molecule has 0 unspecified atom stereocenters. The zero-order valence-corrected chi connectivity index (χ0v) is 35.4. The standard InChI is InChI=1S/C22H17NO4S.C13H8Cl2S.C13H8OS.CH4/c1-14(2)21(24)26-11-12-27-22(25)17(13-23)20-15-7-3-5-9-18(15)28-19-10-6-4-8-16(19)20;14-13(15)9-5-1-3-7-11(9)16-12-8-4-2-6-10(12)13;14-13-9-5-1-3-7-11(9)15-12-8-4-2-6-10(12)13;/h3-10H,1,11-12H2,2H3;1-8H;1-8H;1H4. The Hall–Kier alpha value is -5.60. The van der Waals surface area contributed by atoms with E-state index in [0.717, 1.165) is 62.0 Å². The van der Waals surface area contributed by atoms with Gasteiger partial charge in [0, 0.05) is 62.0 Å². The molecule has 0 atom stereocenters. The van der Waals surface area contributed by atoms with Gasteiger partial charge in [0.1, 0.15) is 24.9 Å². The molecular weight excluding hydrogens is 850 g/mol. The van der Waals surface area contributed by atoms with Crippen LogP contribution in [0.25, 0.3) is 25.7 Å². The molecule has 2 aliphatic heterocycles. The third kappa shape index (κ3) is 9.39. The van der Waals surface area contributed by atoms with Gasteiger partial charge in [0.15, 0.2) is 9.76 Å². The molecule has 0 radical (unpaired) electrons. The highest BCUT2D eigenvalue weighted by molar-refractivity contribution is 7.99. The summed E-state index contributed by atoms with van der Waals surface area (Å²) in [5.41, 5.74) is 4.45. The maximum Gasteiger partial charge on any atom is 0.349 e. The summed E-state index contributed by atoms with van der Waals surface area (Å²) in [5.74, 6) is -1.30. The van der Waals surface area contributed by atoms with Crippen LogP contribution >= 0.6 is 58.1 Å². The number of alkyl halides is 2. The topological polar surface area (TPSA) is 93.5 Å². The van der Waals surface area contributed by atoms with Crippen LogP contribution in [0.4, 0.5) is 0 Å². The van der Waals surface area contributed by atoms with Crippen molar-refractivity contribution in [2.75, 3.05) is 13.2 Å². The Kier molecular flexibility index (Phi) is 14.4. The van der Waals surface area contributed by atoms with Crippen LogP contribution in [0.3, 0.4) is 0 Å². The monoisotopic (exact) mass is 885 g/mol. The van der Waals surface area contributed by atoms with E-state index in [9.17, 15) is 19.6 Å².